The molecule has 0 aliphatic heterocycles. The van der Waals surface area contributed by atoms with Gasteiger partial charge in [0.2, 0.25) is 0 Å². The lowest BCUT2D eigenvalue weighted by Gasteiger charge is -2.22. The summed E-state index contributed by atoms with van der Waals surface area (Å²) in [6.45, 7) is 4.55. The first-order valence-electron chi connectivity index (χ1n) is 8.33. The van der Waals surface area contributed by atoms with Gasteiger partial charge >= 0.3 is 0 Å². The van der Waals surface area contributed by atoms with Crippen LogP contribution in [0.25, 0.3) is 0 Å². The monoisotopic (exact) mass is 291 g/mol. The highest BCUT2D eigenvalue weighted by atomic mass is 14.9. The summed E-state index contributed by atoms with van der Waals surface area (Å²) in [4.78, 5) is 0. The summed E-state index contributed by atoms with van der Waals surface area (Å²) in [5.41, 5.74) is 5.52. The minimum Gasteiger partial charge on any atom is -0.359 e. The van der Waals surface area contributed by atoms with Crippen molar-refractivity contribution in [2.45, 2.75) is 39.0 Å². The Labute approximate surface area is 134 Å². The van der Waals surface area contributed by atoms with Crippen LogP contribution in [0.5, 0.6) is 0 Å². The van der Waals surface area contributed by atoms with E-state index < -0.39 is 0 Å². The second-order valence-electron chi connectivity index (χ2n) is 6.46. The number of allylic oxidation sites excluding steroid dienone is 8. The molecule has 1 heteroatoms. The van der Waals surface area contributed by atoms with Gasteiger partial charge in [0, 0.05) is 17.3 Å². The third kappa shape index (κ3) is 3.41. The molecule has 0 heterocycles. The van der Waals surface area contributed by atoms with Crippen LogP contribution in [0.1, 0.15) is 44.6 Å². The normalized spacial score (nSPS) is 20.8. The van der Waals surface area contributed by atoms with Crippen molar-refractivity contribution in [2.75, 3.05) is 5.32 Å². The summed E-state index contributed by atoms with van der Waals surface area (Å²) in [6.07, 6.45) is 16.8. The Morgan fingerprint density at radius 2 is 1.91 bits per heavy atom. The molecule has 0 bridgehead atoms. The summed E-state index contributed by atoms with van der Waals surface area (Å²) in [5, 5.41) is 3.66. The van der Waals surface area contributed by atoms with Crippen LogP contribution >= 0.6 is 0 Å². The van der Waals surface area contributed by atoms with Crippen molar-refractivity contribution in [1.82, 2.24) is 0 Å². The van der Waals surface area contributed by atoms with E-state index in [2.05, 4.69) is 79.9 Å². The maximum atomic E-state index is 3.66. The minimum absolute atomic E-state index is 0.486. The average molecular weight is 291 g/mol. The number of benzene rings is 1. The molecule has 0 amide bonds. The molecule has 1 atom stereocenters. The van der Waals surface area contributed by atoms with Crippen LogP contribution in [0, 0.1) is 5.92 Å². The van der Waals surface area contributed by atoms with Crippen molar-refractivity contribution in [3.05, 3.63) is 77.6 Å². The zero-order chi connectivity index (χ0) is 15.4. The maximum absolute atomic E-state index is 3.66. The zero-order valence-corrected chi connectivity index (χ0v) is 13.5. The zero-order valence-electron chi connectivity index (χ0n) is 13.5. The van der Waals surface area contributed by atoms with E-state index in [9.17, 15) is 0 Å². The van der Waals surface area contributed by atoms with E-state index in [0.29, 0.717) is 11.8 Å². The number of hydrogen-bond acceptors (Lipinski definition) is 1. The van der Waals surface area contributed by atoms with Crippen LogP contribution in [0.2, 0.25) is 0 Å². The van der Waals surface area contributed by atoms with Crippen LogP contribution in [-0.2, 0) is 0 Å². The summed E-state index contributed by atoms with van der Waals surface area (Å²) in [7, 11) is 0. The Bertz CT molecular complexity index is 644. The van der Waals surface area contributed by atoms with Gasteiger partial charge in [0.1, 0.15) is 0 Å². The van der Waals surface area contributed by atoms with E-state index in [0.717, 1.165) is 12.8 Å². The van der Waals surface area contributed by atoms with E-state index in [-0.39, 0.29) is 0 Å². The van der Waals surface area contributed by atoms with E-state index in [1.807, 2.05) is 0 Å². The number of anilines is 1. The molecule has 0 fully saturated rings. The topological polar surface area (TPSA) is 12.0 Å². The van der Waals surface area contributed by atoms with Crippen molar-refractivity contribution >= 4 is 5.69 Å². The van der Waals surface area contributed by atoms with Crippen LogP contribution < -0.4 is 5.32 Å². The van der Waals surface area contributed by atoms with Gasteiger partial charge in [0.05, 0.1) is 0 Å². The van der Waals surface area contributed by atoms with Crippen LogP contribution in [0.4, 0.5) is 5.69 Å². The Kier molecular flexibility index (Phi) is 4.62. The number of para-hydroxylation sites is 1. The summed E-state index contributed by atoms with van der Waals surface area (Å²) >= 11 is 0. The fraction of sp³-hybridized carbons (Fsp3) is 0.333. The molecule has 1 N–H and O–H groups in total. The predicted molar refractivity (Wildman–Crippen MR) is 95.9 cm³/mol. The molecule has 22 heavy (non-hydrogen) atoms. The second kappa shape index (κ2) is 6.83. The molecular formula is C21H25N. The quantitative estimate of drug-likeness (QED) is 0.722. The van der Waals surface area contributed by atoms with Gasteiger partial charge in [-0.05, 0) is 42.9 Å². The van der Waals surface area contributed by atoms with Gasteiger partial charge in [-0.2, -0.15) is 0 Å². The Balaban J connectivity index is 1.79. The van der Waals surface area contributed by atoms with Gasteiger partial charge < -0.3 is 5.32 Å². The lowest BCUT2D eigenvalue weighted by Crippen LogP contribution is -2.08. The average Bonchev–Trinajstić information content (AvgIpc) is 2.57. The van der Waals surface area contributed by atoms with Gasteiger partial charge in [-0.25, -0.2) is 0 Å². The first kappa shape index (κ1) is 14.9. The van der Waals surface area contributed by atoms with Crippen LogP contribution in [-0.4, -0.2) is 0 Å². The molecule has 0 saturated heterocycles. The van der Waals surface area contributed by atoms with E-state index in [1.54, 1.807) is 5.57 Å². The highest BCUT2D eigenvalue weighted by molar-refractivity contribution is 5.58. The van der Waals surface area contributed by atoms with E-state index in [4.69, 9.17) is 0 Å². The Morgan fingerprint density at radius 3 is 2.59 bits per heavy atom. The van der Waals surface area contributed by atoms with Gasteiger partial charge in [-0.1, -0.05) is 68.0 Å². The molecule has 0 saturated carbocycles. The minimum atomic E-state index is 0.486. The molecule has 1 nitrogen and oxygen atoms in total. The molecule has 2 aliphatic rings. The largest absolute Gasteiger partial charge is 0.359 e. The van der Waals surface area contributed by atoms with Crippen molar-refractivity contribution < 1.29 is 0 Å². The fourth-order valence-corrected chi connectivity index (χ4v) is 3.16. The van der Waals surface area contributed by atoms with Gasteiger partial charge in [0.25, 0.3) is 0 Å². The van der Waals surface area contributed by atoms with Gasteiger partial charge in [-0.3, -0.25) is 0 Å². The molecule has 0 radical (unpaired) electrons. The molecule has 1 unspecified atom stereocenters. The lowest BCUT2D eigenvalue weighted by molar-refractivity contribution is 0.701. The van der Waals surface area contributed by atoms with Crippen molar-refractivity contribution in [3.63, 3.8) is 0 Å². The molecule has 0 spiro atoms. The number of hydrogen-bond donors (Lipinski definition) is 1. The lowest BCUT2D eigenvalue weighted by atomic mass is 9.90. The van der Waals surface area contributed by atoms with Crippen LogP contribution in [0.15, 0.2) is 72.0 Å². The molecule has 0 aromatic heterocycles. The third-order valence-corrected chi connectivity index (χ3v) is 4.56. The third-order valence-electron chi connectivity index (χ3n) is 4.56. The van der Waals surface area contributed by atoms with Crippen LogP contribution in [0.3, 0.4) is 0 Å². The first-order chi connectivity index (χ1) is 10.7. The fourth-order valence-electron chi connectivity index (χ4n) is 3.16. The standard InChI is InChI=1S/C21H25N/c1-16(2)17-12-14-19(15-13-17)22-21-11-7-6-10-20(21)18-8-4-3-5-9-18/h3-8,10-12,14,16,18,22H,9,13,15H2,1-2H3. The number of rotatable bonds is 4. The predicted octanol–water partition coefficient (Wildman–Crippen LogP) is 5.96. The van der Waals surface area contributed by atoms with Crippen molar-refractivity contribution in [3.8, 4) is 0 Å². The molecule has 3 rings (SSSR count). The summed E-state index contributed by atoms with van der Waals surface area (Å²) in [6, 6.07) is 8.70. The Morgan fingerprint density at radius 1 is 1.05 bits per heavy atom. The Hall–Kier alpha value is -2.02. The molecule has 1 aromatic carbocycles. The smallest absolute Gasteiger partial charge is 0.0420 e. The van der Waals surface area contributed by atoms with E-state index in [1.165, 1.54) is 23.4 Å². The summed E-state index contributed by atoms with van der Waals surface area (Å²) in [5.74, 6) is 1.14. The maximum Gasteiger partial charge on any atom is 0.0420 e. The molecular weight excluding hydrogens is 266 g/mol. The molecule has 2 aliphatic carbocycles. The highest BCUT2D eigenvalue weighted by Crippen LogP contribution is 2.32. The van der Waals surface area contributed by atoms with E-state index >= 15 is 0 Å². The SMILES string of the molecule is CC(C)C1=CC=C(Nc2ccccc2C2C=CC=CC2)CC1. The molecule has 114 valence electrons. The highest BCUT2D eigenvalue weighted by Gasteiger charge is 2.14. The van der Waals surface area contributed by atoms with Gasteiger partial charge in [-0.15, -0.1) is 0 Å². The number of nitrogens with one attached hydrogen (secondary N) is 1. The van der Waals surface area contributed by atoms with Crippen molar-refractivity contribution in [2.24, 2.45) is 5.92 Å². The molecule has 1 aromatic rings. The summed E-state index contributed by atoms with van der Waals surface area (Å²) < 4.78 is 0. The van der Waals surface area contributed by atoms with Gasteiger partial charge in [0.15, 0.2) is 0 Å². The first-order valence-corrected chi connectivity index (χ1v) is 8.33. The van der Waals surface area contributed by atoms with Crippen molar-refractivity contribution in [1.29, 1.82) is 0 Å². The second-order valence-corrected chi connectivity index (χ2v) is 6.46.